The standard InChI is InChI=1S/C28H26N4O2/c1-18(2)31(20-10-6-5-7-11-20)27(33)25-24-22-12-8-9-13-23(22)30(4)26(24)28(34)32(29-25)21-16-14-19(3)15-17-21/h5-18H,1-4H3. The molecule has 2 aromatic heterocycles. The largest absolute Gasteiger partial charge is 0.339 e. The maximum absolute atomic E-state index is 14.1. The molecule has 0 saturated carbocycles. The lowest BCUT2D eigenvalue weighted by Crippen LogP contribution is -2.39. The molecule has 6 nitrogen and oxygen atoms in total. The number of carbonyl (C=O) groups is 1. The third-order valence-electron chi connectivity index (χ3n) is 6.19. The summed E-state index contributed by atoms with van der Waals surface area (Å²) in [7, 11) is 1.86. The summed E-state index contributed by atoms with van der Waals surface area (Å²) in [6, 6.07) is 24.8. The molecule has 0 aliphatic carbocycles. The minimum absolute atomic E-state index is 0.110. The van der Waals surface area contributed by atoms with E-state index in [1.807, 2.05) is 111 Å². The monoisotopic (exact) mass is 450 g/mol. The van der Waals surface area contributed by atoms with E-state index in [0.29, 0.717) is 16.6 Å². The maximum Gasteiger partial charge on any atom is 0.296 e. The number of anilines is 1. The molecule has 34 heavy (non-hydrogen) atoms. The van der Waals surface area contributed by atoms with E-state index < -0.39 is 0 Å². The van der Waals surface area contributed by atoms with Gasteiger partial charge in [-0.05, 0) is 51.1 Å². The number of hydrogen-bond donors (Lipinski definition) is 0. The Morgan fingerprint density at radius 2 is 1.56 bits per heavy atom. The average molecular weight is 451 g/mol. The number of benzene rings is 3. The molecule has 0 spiro atoms. The van der Waals surface area contributed by atoms with Gasteiger partial charge in [0.2, 0.25) is 0 Å². The zero-order valence-corrected chi connectivity index (χ0v) is 19.7. The van der Waals surface area contributed by atoms with Crippen LogP contribution >= 0.6 is 0 Å². The van der Waals surface area contributed by atoms with Crippen LogP contribution in [0.4, 0.5) is 5.69 Å². The van der Waals surface area contributed by atoms with Gasteiger partial charge in [0.15, 0.2) is 5.69 Å². The summed E-state index contributed by atoms with van der Waals surface area (Å²) in [4.78, 5) is 29.6. The summed E-state index contributed by atoms with van der Waals surface area (Å²) in [5.41, 5.74) is 3.81. The highest BCUT2D eigenvalue weighted by Gasteiger charge is 2.28. The summed E-state index contributed by atoms with van der Waals surface area (Å²) >= 11 is 0. The van der Waals surface area contributed by atoms with Crippen LogP contribution in [0.3, 0.4) is 0 Å². The van der Waals surface area contributed by atoms with Crippen LogP contribution in [0.15, 0.2) is 83.7 Å². The Balaban J connectivity index is 1.87. The molecule has 0 saturated heterocycles. The van der Waals surface area contributed by atoms with E-state index >= 15 is 0 Å². The van der Waals surface area contributed by atoms with E-state index in [0.717, 1.165) is 22.2 Å². The van der Waals surface area contributed by atoms with Crippen molar-refractivity contribution in [3.8, 4) is 5.69 Å². The van der Waals surface area contributed by atoms with Gasteiger partial charge in [0.05, 0.1) is 5.69 Å². The lowest BCUT2D eigenvalue weighted by molar-refractivity contribution is 0.0975. The van der Waals surface area contributed by atoms with Crippen molar-refractivity contribution in [3.63, 3.8) is 0 Å². The van der Waals surface area contributed by atoms with Gasteiger partial charge in [-0.15, -0.1) is 0 Å². The highest BCUT2D eigenvalue weighted by atomic mass is 16.2. The maximum atomic E-state index is 14.1. The zero-order chi connectivity index (χ0) is 24.0. The molecule has 5 aromatic rings. The highest BCUT2D eigenvalue weighted by Crippen LogP contribution is 2.30. The lowest BCUT2D eigenvalue weighted by atomic mass is 10.1. The van der Waals surface area contributed by atoms with Crippen molar-refractivity contribution >= 4 is 33.4 Å². The van der Waals surface area contributed by atoms with Crippen LogP contribution in [0.2, 0.25) is 0 Å². The van der Waals surface area contributed by atoms with Gasteiger partial charge in [0, 0.05) is 35.1 Å². The molecule has 2 heterocycles. The number of rotatable bonds is 4. The molecule has 3 aromatic carbocycles. The molecule has 0 radical (unpaired) electrons. The van der Waals surface area contributed by atoms with Crippen molar-refractivity contribution in [1.29, 1.82) is 0 Å². The predicted molar refractivity (Wildman–Crippen MR) is 137 cm³/mol. The molecule has 0 unspecified atom stereocenters. The zero-order valence-electron chi connectivity index (χ0n) is 19.7. The van der Waals surface area contributed by atoms with E-state index in [2.05, 4.69) is 0 Å². The summed E-state index contributed by atoms with van der Waals surface area (Å²) in [6.07, 6.45) is 0. The summed E-state index contributed by atoms with van der Waals surface area (Å²) in [5.74, 6) is -0.247. The Hall–Kier alpha value is -4.19. The van der Waals surface area contributed by atoms with Gasteiger partial charge in [-0.3, -0.25) is 9.59 Å². The highest BCUT2D eigenvalue weighted by molar-refractivity contribution is 6.20. The first-order valence-corrected chi connectivity index (χ1v) is 11.3. The molecule has 0 fully saturated rings. The number of carbonyl (C=O) groups excluding carboxylic acids is 1. The predicted octanol–water partition coefficient (Wildman–Crippen LogP) is 5.24. The molecule has 0 aliphatic rings. The van der Waals surface area contributed by atoms with Crippen molar-refractivity contribution < 1.29 is 4.79 Å². The molecular formula is C28H26N4O2. The van der Waals surface area contributed by atoms with E-state index in [-0.39, 0.29) is 23.2 Å². The van der Waals surface area contributed by atoms with Gasteiger partial charge in [0.1, 0.15) is 5.52 Å². The average Bonchev–Trinajstić information content (AvgIpc) is 3.14. The molecule has 0 aliphatic heterocycles. The van der Waals surface area contributed by atoms with Gasteiger partial charge in [-0.25, -0.2) is 0 Å². The second kappa shape index (κ2) is 8.30. The van der Waals surface area contributed by atoms with Gasteiger partial charge in [-0.2, -0.15) is 9.78 Å². The van der Waals surface area contributed by atoms with Crippen molar-refractivity contribution in [2.45, 2.75) is 26.8 Å². The fraction of sp³-hybridized carbons (Fsp3) is 0.179. The van der Waals surface area contributed by atoms with Crippen LogP contribution in [0, 0.1) is 6.92 Å². The molecule has 170 valence electrons. The Labute approximate surface area is 197 Å². The van der Waals surface area contributed by atoms with E-state index in [9.17, 15) is 9.59 Å². The number of hydrogen-bond acceptors (Lipinski definition) is 3. The topological polar surface area (TPSA) is 60.1 Å². The van der Waals surface area contributed by atoms with Crippen molar-refractivity contribution in [2.75, 3.05) is 4.90 Å². The third kappa shape index (κ3) is 3.39. The van der Waals surface area contributed by atoms with Gasteiger partial charge in [-0.1, -0.05) is 54.1 Å². The van der Waals surface area contributed by atoms with Gasteiger partial charge >= 0.3 is 0 Å². The van der Waals surface area contributed by atoms with Crippen LogP contribution in [0.25, 0.3) is 27.5 Å². The summed E-state index contributed by atoms with van der Waals surface area (Å²) in [5, 5.41) is 6.11. The number of fused-ring (bicyclic) bond motifs is 3. The molecule has 0 bridgehead atoms. The van der Waals surface area contributed by atoms with Crippen molar-refractivity contribution in [3.05, 3.63) is 100 Å². The first-order chi connectivity index (χ1) is 16.4. The van der Waals surface area contributed by atoms with Crippen LogP contribution in [-0.2, 0) is 7.05 Å². The van der Waals surface area contributed by atoms with Gasteiger partial charge in [0.25, 0.3) is 11.5 Å². The Morgan fingerprint density at radius 3 is 2.24 bits per heavy atom. The smallest absolute Gasteiger partial charge is 0.296 e. The van der Waals surface area contributed by atoms with Crippen LogP contribution in [0.5, 0.6) is 0 Å². The molecule has 5 rings (SSSR count). The first kappa shape index (κ1) is 21.6. The number of amides is 1. The lowest BCUT2D eigenvalue weighted by Gasteiger charge is -2.27. The second-order valence-corrected chi connectivity index (χ2v) is 8.81. The Bertz CT molecular complexity index is 1580. The quantitative estimate of drug-likeness (QED) is 0.376. The van der Waals surface area contributed by atoms with Crippen molar-refractivity contribution in [1.82, 2.24) is 14.3 Å². The van der Waals surface area contributed by atoms with Crippen molar-refractivity contribution in [2.24, 2.45) is 7.05 Å². The number of aryl methyl sites for hydroxylation is 2. The minimum atomic E-state index is -0.259. The fourth-order valence-electron chi connectivity index (χ4n) is 4.54. The van der Waals surface area contributed by atoms with E-state index in [1.54, 1.807) is 4.90 Å². The summed E-state index contributed by atoms with van der Waals surface area (Å²) < 4.78 is 3.20. The van der Waals surface area contributed by atoms with E-state index in [1.165, 1.54) is 4.68 Å². The molecule has 1 amide bonds. The van der Waals surface area contributed by atoms with Crippen LogP contribution < -0.4 is 10.5 Å². The molecule has 0 atom stereocenters. The number of para-hydroxylation sites is 2. The number of nitrogens with zero attached hydrogens (tertiary/aromatic N) is 4. The first-order valence-electron chi connectivity index (χ1n) is 11.3. The minimum Gasteiger partial charge on any atom is -0.339 e. The fourth-order valence-corrected chi connectivity index (χ4v) is 4.54. The second-order valence-electron chi connectivity index (χ2n) is 8.81. The van der Waals surface area contributed by atoms with Gasteiger partial charge < -0.3 is 9.47 Å². The third-order valence-corrected chi connectivity index (χ3v) is 6.19. The number of aromatic nitrogens is 3. The SMILES string of the molecule is Cc1ccc(-n2nc(C(=O)N(c3ccccc3)C(C)C)c3c4ccccc4n(C)c3c2=O)cc1. The summed E-state index contributed by atoms with van der Waals surface area (Å²) in [6.45, 7) is 5.94. The Morgan fingerprint density at radius 1 is 0.912 bits per heavy atom. The van der Waals surface area contributed by atoms with Crippen LogP contribution in [-0.4, -0.2) is 26.3 Å². The normalized spacial score (nSPS) is 11.4. The molecule has 0 N–H and O–H groups in total. The van der Waals surface area contributed by atoms with Crippen LogP contribution in [0.1, 0.15) is 29.9 Å². The molecule has 6 heteroatoms. The Kier molecular flexibility index (Phi) is 5.28. The van der Waals surface area contributed by atoms with E-state index in [4.69, 9.17) is 5.10 Å². The molecular weight excluding hydrogens is 424 g/mol.